The van der Waals surface area contributed by atoms with Crippen LogP contribution in [0.4, 0.5) is 11.4 Å². The zero-order valence-electron chi connectivity index (χ0n) is 16.8. The van der Waals surface area contributed by atoms with Crippen molar-refractivity contribution >= 4 is 28.3 Å². The highest BCUT2D eigenvalue weighted by molar-refractivity contribution is 6.00. The minimum absolute atomic E-state index is 0.140. The van der Waals surface area contributed by atoms with Crippen molar-refractivity contribution in [2.45, 2.75) is 19.9 Å². The number of carbonyl (C=O) groups is 1. The predicted octanol–water partition coefficient (Wildman–Crippen LogP) is 4.30. The molecule has 0 saturated heterocycles. The van der Waals surface area contributed by atoms with E-state index in [9.17, 15) is 14.9 Å². The molecular formula is C21H23N3O5. The molecule has 2 aromatic carbocycles. The average molecular weight is 397 g/mol. The van der Waals surface area contributed by atoms with Crippen molar-refractivity contribution in [2.75, 3.05) is 25.6 Å². The molecule has 1 aromatic heterocycles. The molecule has 0 radical (unpaired) electrons. The number of nitro groups is 1. The topological polar surface area (TPSA) is 97.8 Å². The predicted molar refractivity (Wildman–Crippen MR) is 111 cm³/mol. The highest BCUT2D eigenvalue weighted by Crippen LogP contribution is 2.31. The summed E-state index contributed by atoms with van der Waals surface area (Å²) in [5, 5.41) is 14.9. The molecule has 0 aliphatic heterocycles. The standard InChI is InChI=1S/C21H23N3O5/c1-5-28-18-8-6-7-14-11-19(29-20(14)18)13(2)22-21(25)16-12-15(24(26)27)9-10-17(16)23(3)4/h6-13H,5H2,1-4H3,(H,22,25). The van der Waals surface area contributed by atoms with E-state index < -0.39 is 16.9 Å². The van der Waals surface area contributed by atoms with E-state index in [2.05, 4.69) is 5.32 Å². The molecule has 152 valence electrons. The Labute approximate surface area is 168 Å². The summed E-state index contributed by atoms with van der Waals surface area (Å²) in [5.41, 5.74) is 1.29. The number of hydrogen-bond acceptors (Lipinski definition) is 6. The number of hydrogen-bond donors (Lipinski definition) is 1. The van der Waals surface area contributed by atoms with Crippen molar-refractivity contribution < 1.29 is 18.9 Å². The van der Waals surface area contributed by atoms with E-state index in [1.165, 1.54) is 12.1 Å². The van der Waals surface area contributed by atoms with Gasteiger partial charge in [-0.25, -0.2) is 0 Å². The smallest absolute Gasteiger partial charge is 0.270 e. The van der Waals surface area contributed by atoms with E-state index in [-0.39, 0.29) is 11.3 Å². The molecule has 3 rings (SSSR count). The number of rotatable bonds is 7. The number of ether oxygens (including phenoxy) is 1. The molecule has 1 heterocycles. The third-order valence-electron chi connectivity index (χ3n) is 4.52. The number of carbonyl (C=O) groups excluding carboxylic acids is 1. The minimum atomic E-state index is -0.520. The average Bonchev–Trinajstić information content (AvgIpc) is 3.13. The summed E-state index contributed by atoms with van der Waals surface area (Å²) in [4.78, 5) is 25.2. The Morgan fingerprint density at radius 3 is 2.69 bits per heavy atom. The number of anilines is 1. The van der Waals surface area contributed by atoms with Gasteiger partial charge in [0.25, 0.3) is 11.6 Å². The molecule has 0 saturated carbocycles. The van der Waals surface area contributed by atoms with Gasteiger partial charge in [0.2, 0.25) is 0 Å². The number of furan rings is 1. The van der Waals surface area contributed by atoms with Gasteiger partial charge in [0, 0.05) is 37.3 Å². The highest BCUT2D eigenvalue weighted by Gasteiger charge is 2.21. The van der Waals surface area contributed by atoms with Gasteiger partial charge in [0.15, 0.2) is 11.3 Å². The lowest BCUT2D eigenvalue weighted by Gasteiger charge is -2.18. The van der Waals surface area contributed by atoms with E-state index in [1.807, 2.05) is 31.2 Å². The van der Waals surface area contributed by atoms with Crippen molar-refractivity contribution in [3.8, 4) is 5.75 Å². The monoisotopic (exact) mass is 397 g/mol. The van der Waals surface area contributed by atoms with Crippen LogP contribution in [0, 0.1) is 10.1 Å². The quantitative estimate of drug-likeness (QED) is 0.472. The molecule has 1 N–H and O–H groups in total. The molecule has 8 heteroatoms. The number of benzene rings is 2. The lowest BCUT2D eigenvalue weighted by atomic mass is 10.1. The minimum Gasteiger partial charge on any atom is -0.490 e. The summed E-state index contributed by atoms with van der Waals surface area (Å²) >= 11 is 0. The maximum Gasteiger partial charge on any atom is 0.270 e. The van der Waals surface area contributed by atoms with E-state index in [1.54, 1.807) is 32.0 Å². The fourth-order valence-electron chi connectivity index (χ4n) is 3.09. The van der Waals surface area contributed by atoms with Crippen LogP contribution in [0.5, 0.6) is 5.75 Å². The maximum atomic E-state index is 12.9. The van der Waals surface area contributed by atoms with Crippen LogP contribution in [0.1, 0.15) is 36.0 Å². The number of fused-ring (bicyclic) bond motifs is 1. The summed E-state index contributed by atoms with van der Waals surface area (Å²) in [5.74, 6) is 0.788. The van der Waals surface area contributed by atoms with Crippen LogP contribution < -0.4 is 15.0 Å². The second-order valence-electron chi connectivity index (χ2n) is 6.80. The summed E-state index contributed by atoms with van der Waals surface area (Å²) < 4.78 is 11.5. The van der Waals surface area contributed by atoms with E-state index in [0.29, 0.717) is 29.4 Å². The van der Waals surface area contributed by atoms with E-state index in [4.69, 9.17) is 9.15 Å². The van der Waals surface area contributed by atoms with Crippen molar-refractivity contribution in [2.24, 2.45) is 0 Å². The Morgan fingerprint density at radius 2 is 2.03 bits per heavy atom. The van der Waals surface area contributed by atoms with E-state index >= 15 is 0 Å². The van der Waals surface area contributed by atoms with Gasteiger partial charge in [-0.3, -0.25) is 14.9 Å². The van der Waals surface area contributed by atoms with Gasteiger partial charge in [0.05, 0.1) is 23.1 Å². The van der Waals surface area contributed by atoms with Gasteiger partial charge in [-0.1, -0.05) is 12.1 Å². The molecule has 0 aliphatic carbocycles. The Kier molecular flexibility index (Phi) is 5.72. The third kappa shape index (κ3) is 4.16. The van der Waals surface area contributed by atoms with E-state index in [0.717, 1.165) is 5.39 Å². The lowest BCUT2D eigenvalue weighted by molar-refractivity contribution is -0.384. The Hall–Kier alpha value is -3.55. The van der Waals surface area contributed by atoms with Crippen LogP contribution in [-0.4, -0.2) is 31.5 Å². The summed E-state index contributed by atoms with van der Waals surface area (Å²) in [6.07, 6.45) is 0. The fraction of sp³-hybridized carbons (Fsp3) is 0.286. The number of amides is 1. The number of nitro benzene ring substituents is 1. The van der Waals surface area contributed by atoms with Crippen LogP contribution in [0.25, 0.3) is 11.0 Å². The molecule has 8 nitrogen and oxygen atoms in total. The van der Waals surface area contributed by atoms with Crippen LogP contribution in [0.3, 0.4) is 0 Å². The first kappa shape index (κ1) is 20.2. The normalized spacial score (nSPS) is 11.9. The molecule has 0 spiro atoms. The summed E-state index contributed by atoms with van der Waals surface area (Å²) in [6.45, 7) is 4.21. The van der Waals surface area contributed by atoms with Gasteiger partial charge >= 0.3 is 0 Å². The van der Waals surface area contributed by atoms with Gasteiger partial charge < -0.3 is 19.4 Å². The number of nitrogens with one attached hydrogen (secondary N) is 1. The van der Waals surface area contributed by atoms with Crippen molar-refractivity contribution in [1.82, 2.24) is 5.32 Å². The van der Waals surface area contributed by atoms with Crippen molar-refractivity contribution in [3.05, 3.63) is 63.9 Å². The highest BCUT2D eigenvalue weighted by atomic mass is 16.6. The Bertz CT molecular complexity index is 1060. The largest absolute Gasteiger partial charge is 0.490 e. The summed E-state index contributed by atoms with van der Waals surface area (Å²) in [7, 11) is 3.55. The third-order valence-corrected chi connectivity index (χ3v) is 4.52. The zero-order chi connectivity index (χ0) is 21.1. The van der Waals surface area contributed by atoms with Gasteiger partial charge in [-0.05, 0) is 32.0 Å². The second kappa shape index (κ2) is 8.22. The molecule has 0 bridgehead atoms. The molecule has 3 aromatic rings. The number of nitrogens with zero attached hydrogens (tertiary/aromatic N) is 2. The molecule has 0 fully saturated rings. The Morgan fingerprint density at radius 1 is 1.28 bits per heavy atom. The second-order valence-corrected chi connectivity index (χ2v) is 6.80. The maximum absolute atomic E-state index is 12.9. The molecule has 1 unspecified atom stereocenters. The fourth-order valence-corrected chi connectivity index (χ4v) is 3.09. The number of non-ortho nitro benzene ring substituents is 1. The first-order valence-corrected chi connectivity index (χ1v) is 9.23. The zero-order valence-corrected chi connectivity index (χ0v) is 16.8. The van der Waals surface area contributed by atoms with Gasteiger partial charge in [-0.15, -0.1) is 0 Å². The molecule has 1 amide bonds. The van der Waals surface area contributed by atoms with Crippen LogP contribution in [0.2, 0.25) is 0 Å². The van der Waals surface area contributed by atoms with Crippen LogP contribution in [0.15, 0.2) is 46.9 Å². The van der Waals surface area contributed by atoms with Crippen molar-refractivity contribution in [3.63, 3.8) is 0 Å². The molecular weight excluding hydrogens is 374 g/mol. The molecule has 0 aliphatic rings. The van der Waals surface area contributed by atoms with Crippen LogP contribution >= 0.6 is 0 Å². The van der Waals surface area contributed by atoms with Crippen LogP contribution in [-0.2, 0) is 0 Å². The Balaban J connectivity index is 1.89. The molecule has 29 heavy (non-hydrogen) atoms. The first-order valence-electron chi connectivity index (χ1n) is 9.23. The lowest BCUT2D eigenvalue weighted by Crippen LogP contribution is -2.28. The number of para-hydroxylation sites is 1. The van der Waals surface area contributed by atoms with Gasteiger partial charge in [-0.2, -0.15) is 0 Å². The summed E-state index contributed by atoms with van der Waals surface area (Å²) in [6, 6.07) is 11.2. The van der Waals surface area contributed by atoms with Gasteiger partial charge in [0.1, 0.15) is 5.76 Å². The molecule has 1 atom stereocenters. The SMILES string of the molecule is CCOc1cccc2cc(C(C)NC(=O)c3cc([N+](=O)[O-])ccc3N(C)C)oc12. The first-order chi connectivity index (χ1) is 13.8. The van der Waals surface area contributed by atoms with Crippen molar-refractivity contribution in [1.29, 1.82) is 0 Å².